The van der Waals surface area contributed by atoms with Gasteiger partial charge in [0.15, 0.2) is 0 Å². The summed E-state index contributed by atoms with van der Waals surface area (Å²) in [6, 6.07) is 0. The highest BCUT2D eigenvalue weighted by molar-refractivity contribution is 8.11. The number of nitrogens with two attached hydrogens (primary N) is 1. The fraction of sp³-hybridized carbons (Fsp3) is 0.500. The summed E-state index contributed by atoms with van der Waals surface area (Å²) in [5, 5.41) is 0. The maximum absolute atomic E-state index is 4.50. The Balaban J connectivity index is -0.000000149. The lowest BCUT2D eigenvalue weighted by Gasteiger charge is -1.80. The number of aliphatic imine (C=N–C) groups is 1. The van der Waals surface area contributed by atoms with Gasteiger partial charge in [-0.3, -0.25) is 4.99 Å². The van der Waals surface area contributed by atoms with Crippen molar-refractivity contribution < 1.29 is 1.43 Å². The second-order valence-electron chi connectivity index (χ2n) is 1.21. The summed E-state index contributed by atoms with van der Waals surface area (Å²) < 4.78 is 0. The Kier molecular flexibility index (Phi) is 13.6. The van der Waals surface area contributed by atoms with E-state index in [1.807, 2.05) is 13.2 Å². The van der Waals surface area contributed by atoms with E-state index in [4.69, 9.17) is 0 Å². The van der Waals surface area contributed by atoms with Gasteiger partial charge in [-0.1, -0.05) is 6.58 Å². The first-order chi connectivity index (χ1) is 4.27. The van der Waals surface area contributed by atoms with Gasteiger partial charge in [0.05, 0.1) is 5.55 Å². The molecule has 0 bridgehead atoms. The quantitative estimate of drug-likeness (QED) is 0.478. The summed E-state index contributed by atoms with van der Waals surface area (Å²) in [6.07, 6.45) is 1.96. The van der Waals surface area contributed by atoms with Crippen LogP contribution >= 0.6 is 11.8 Å². The van der Waals surface area contributed by atoms with Crippen LogP contribution in [-0.2, 0) is 0 Å². The summed E-state index contributed by atoms with van der Waals surface area (Å²) >= 11 is 1.58. The molecule has 0 aliphatic carbocycles. The third-order valence-electron chi connectivity index (χ3n) is 0.379. The van der Waals surface area contributed by atoms with Gasteiger partial charge in [0.2, 0.25) is 0 Å². The van der Waals surface area contributed by atoms with Crippen molar-refractivity contribution in [2.45, 2.75) is 6.92 Å². The number of hydrogen-bond acceptors (Lipinski definition) is 3. The molecular weight excluding hydrogens is 132 g/mol. The van der Waals surface area contributed by atoms with Crippen LogP contribution in [0.4, 0.5) is 0 Å². The van der Waals surface area contributed by atoms with Crippen LogP contribution in [0.25, 0.3) is 0 Å². The van der Waals surface area contributed by atoms with Gasteiger partial charge in [-0.15, -0.1) is 11.8 Å². The van der Waals surface area contributed by atoms with Crippen LogP contribution in [0.15, 0.2) is 17.3 Å². The van der Waals surface area contributed by atoms with Gasteiger partial charge in [-0.25, -0.2) is 0 Å². The van der Waals surface area contributed by atoms with Crippen molar-refractivity contribution in [3.63, 3.8) is 0 Å². The Hall–Kier alpha value is -0.280. The molecule has 0 amide bonds. The maximum Gasteiger partial charge on any atom is 0.0596 e. The molecule has 0 unspecified atom stereocenters. The number of thioether (sulfide) groups is 1. The van der Waals surface area contributed by atoms with Crippen LogP contribution in [0, 0.1) is 0 Å². The van der Waals surface area contributed by atoms with E-state index in [0.717, 1.165) is 5.70 Å². The van der Waals surface area contributed by atoms with E-state index in [1.54, 1.807) is 17.3 Å². The molecule has 0 aromatic heterocycles. The van der Waals surface area contributed by atoms with Gasteiger partial charge in [-0.2, -0.15) is 0 Å². The second-order valence-corrected chi connectivity index (χ2v) is 1.89. The molecule has 9 heavy (non-hydrogen) atoms. The highest BCUT2D eigenvalue weighted by Crippen LogP contribution is 1.90. The van der Waals surface area contributed by atoms with E-state index in [-0.39, 0.29) is 1.43 Å². The predicted molar refractivity (Wildman–Crippen MR) is 49.0 cm³/mol. The maximum atomic E-state index is 4.50. The molecular formula is C6H16N2S. The normalized spacial score (nSPS) is 8.44. The molecule has 0 aromatic rings. The average Bonchev–Trinajstić information content (AvgIpc) is 1.88. The first-order valence-electron chi connectivity index (χ1n) is 2.56. The smallest absolute Gasteiger partial charge is 0.0596 e. The van der Waals surface area contributed by atoms with E-state index in [9.17, 15) is 0 Å². The van der Waals surface area contributed by atoms with Crippen molar-refractivity contribution in [2.24, 2.45) is 10.7 Å². The number of allylic oxidation sites excluding steroid dienone is 1. The SMILES string of the molecule is C=C(C)N=CSC.CN.[HH]. The van der Waals surface area contributed by atoms with Crippen LogP contribution in [0.5, 0.6) is 0 Å². The van der Waals surface area contributed by atoms with E-state index >= 15 is 0 Å². The van der Waals surface area contributed by atoms with Crippen LogP contribution in [0.3, 0.4) is 0 Å². The largest absolute Gasteiger partial charge is 0.333 e. The molecule has 0 aliphatic heterocycles. The fourth-order valence-corrected chi connectivity index (χ4v) is 0.428. The molecule has 0 saturated heterocycles. The zero-order valence-electron chi connectivity index (χ0n) is 6.22. The minimum atomic E-state index is 0. The molecule has 0 aromatic carbocycles. The van der Waals surface area contributed by atoms with Gasteiger partial charge in [0.25, 0.3) is 0 Å². The summed E-state index contributed by atoms with van der Waals surface area (Å²) in [6.45, 7) is 5.45. The monoisotopic (exact) mass is 148 g/mol. The van der Waals surface area contributed by atoms with Gasteiger partial charge in [0.1, 0.15) is 0 Å². The minimum Gasteiger partial charge on any atom is -0.333 e. The molecule has 0 spiro atoms. The highest BCUT2D eigenvalue weighted by atomic mass is 32.2. The standard InChI is InChI=1S/C5H9NS.CH5N.H2/c1-5(2)6-4-7-3;1-2;/h4H,1H2,2-3H3;2H2,1H3;1H. The number of nitrogens with zero attached hydrogens (tertiary/aromatic N) is 1. The molecule has 56 valence electrons. The first-order valence-corrected chi connectivity index (χ1v) is 3.84. The Morgan fingerprint density at radius 2 is 2.22 bits per heavy atom. The Morgan fingerprint density at radius 1 is 1.78 bits per heavy atom. The van der Waals surface area contributed by atoms with Crippen LogP contribution in [-0.4, -0.2) is 18.9 Å². The molecule has 0 aliphatic rings. The average molecular weight is 148 g/mol. The summed E-state index contributed by atoms with van der Waals surface area (Å²) in [4.78, 5) is 3.89. The molecule has 3 heteroatoms. The summed E-state index contributed by atoms with van der Waals surface area (Å²) in [5.74, 6) is 0. The zero-order valence-corrected chi connectivity index (χ0v) is 7.03. The lowest BCUT2D eigenvalue weighted by Crippen LogP contribution is -1.69. The van der Waals surface area contributed by atoms with E-state index in [0.29, 0.717) is 0 Å². The van der Waals surface area contributed by atoms with Gasteiger partial charge in [-0.05, 0) is 20.2 Å². The van der Waals surface area contributed by atoms with Crippen molar-refractivity contribution in [2.75, 3.05) is 13.3 Å². The Morgan fingerprint density at radius 3 is 2.33 bits per heavy atom. The van der Waals surface area contributed by atoms with E-state index in [2.05, 4.69) is 17.3 Å². The predicted octanol–water partition coefficient (Wildman–Crippen LogP) is 1.73. The summed E-state index contributed by atoms with van der Waals surface area (Å²) in [5.41, 5.74) is 7.12. The molecule has 0 fully saturated rings. The molecule has 0 saturated carbocycles. The highest BCUT2D eigenvalue weighted by Gasteiger charge is 1.68. The molecule has 0 atom stereocenters. The van der Waals surface area contributed by atoms with E-state index < -0.39 is 0 Å². The topological polar surface area (TPSA) is 38.4 Å². The van der Waals surface area contributed by atoms with Gasteiger partial charge >= 0.3 is 0 Å². The lowest BCUT2D eigenvalue weighted by molar-refractivity contribution is 1.35. The molecule has 0 rings (SSSR count). The van der Waals surface area contributed by atoms with E-state index in [1.165, 1.54) is 7.05 Å². The van der Waals surface area contributed by atoms with Crippen LogP contribution in [0.1, 0.15) is 8.35 Å². The second kappa shape index (κ2) is 10.7. The fourth-order valence-electron chi connectivity index (χ4n) is 0.143. The first kappa shape index (κ1) is 11.5. The Bertz CT molecular complexity index is 93.7. The molecule has 2 N–H and O–H groups in total. The van der Waals surface area contributed by atoms with Gasteiger partial charge < -0.3 is 5.73 Å². The van der Waals surface area contributed by atoms with Crippen molar-refractivity contribution >= 4 is 17.3 Å². The third-order valence-corrected chi connectivity index (χ3v) is 0.695. The summed E-state index contributed by atoms with van der Waals surface area (Å²) in [7, 11) is 1.50. The van der Waals surface area contributed by atoms with Crippen molar-refractivity contribution in [3.8, 4) is 0 Å². The van der Waals surface area contributed by atoms with Crippen molar-refractivity contribution in [1.29, 1.82) is 0 Å². The van der Waals surface area contributed by atoms with Gasteiger partial charge in [0, 0.05) is 7.12 Å². The Labute approximate surface area is 62.7 Å². The van der Waals surface area contributed by atoms with Crippen molar-refractivity contribution in [1.82, 2.24) is 0 Å². The number of hydrogen-bond donors (Lipinski definition) is 1. The molecule has 0 radical (unpaired) electrons. The molecule has 2 nitrogen and oxygen atoms in total. The zero-order chi connectivity index (χ0) is 7.70. The minimum absolute atomic E-state index is 0. The van der Waals surface area contributed by atoms with Crippen molar-refractivity contribution in [3.05, 3.63) is 12.3 Å². The van der Waals surface area contributed by atoms with Crippen LogP contribution < -0.4 is 5.73 Å². The molecule has 0 heterocycles. The van der Waals surface area contributed by atoms with Crippen LogP contribution in [0.2, 0.25) is 0 Å². The number of rotatable bonds is 2. The third kappa shape index (κ3) is 18.3. The lowest BCUT2D eigenvalue weighted by atomic mass is 10.6.